The van der Waals surface area contributed by atoms with E-state index in [1.54, 1.807) is 0 Å². The van der Waals surface area contributed by atoms with Gasteiger partial charge in [0.05, 0.1) is 5.52 Å². The molecule has 0 atom stereocenters. The highest BCUT2D eigenvalue weighted by atomic mass is 79.9. The fourth-order valence-electron chi connectivity index (χ4n) is 1.51. The Morgan fingerprint density at radius 1 is 1.39 bits per heavy atom. The average Bonchev–Trinajstić information content (AvgIpc) is 2.43. The Bertz CT molecular complexity index is 1010. The van der Waals surface area contributed by atoms with Crippen LogP contribution in [0.4, 0.5) is 13.2 Å². The summed E-state index contributed by atoms with van der Waals surface area (Å²) in [5.41, 5.74) is -8.80. The van der Waals surface area contributed by atoms with Gasteiger partial charge in [-0.05, 0) is 28.1 Å². The van der Waals surface area contributed by atoms with Crippen molar-refractivity contribution in [2.75, 3.05) is 0 Å². The first kappa shape index (κ1) is 17.5. The molecular formula is C10H2BrClF3N3O4S. The third-order valence-corrected chi connectivity index (χ3v) is 4.20. The molecule has 0 radical (unpaired) electrons. The molecule has 0 aliphatic rings. The number of fused-ring (bicyclic) bond motifs is 1. The van der Waals surface area contributed by atoms with Crippen LogP contribution in [0.1, 0.15) is 5.56 Å². The molecular weight excluding hydrogens is 431 g/mol. The van der Waals surface area contributed by atoms with Gasteiger partial charge in [0, 0.05) is 11.8 Å². The molecule has 23 heavy (non-hydrogen) atoms. The van der Waals surface area contributed by atoms with Crippen molar-refractivity contribution in [1.82, 2.24) is 9.07 Å². The zero-order chi connectivity index (χ0) is 17.6. The van der Waals surface area contributed by atoms with Crippen molar-refractivity contribution in [3.05, 3.63) is 32.7 Å². The molecule has 0 aliphatic carbocycles. The number of aromatic nitrogens is 2. The van der Waals surface area contributed by atoms with Gasteiger partial charge in [-0.25, -0.2) is 9.07 Å². The van der Waals surface area contributed by atoms with Crippen molar-refractivity contribution in [2.45, 2.75) is 5.51 Å². The second kappa shape index (κ2) is 5.66. The van der Waals surface area contributed by atoms with Crippen LogP contribution in [0.15, 0.2) is 21.5 Å². The van der Waals surface area contributed by atoms with E-state index in [0.29, 0.717) is 4.09 Å². The van der Waals surface area contributed by atoms with Crippen LogP contribution < -0.4 is 9.74 Å². The number of hydrogen-bond donors (Lipinski definition) is 0. The van der Waals surface area contributed by atoms with Gasteiger partial charge < -0.3 is 4.18 Å². The van der Waals surface area contributed by atoms with E-state index in [1.165, 1.54) is 18.2 Å². The summed E-state index contributed by atoms with van der Waals surface area (Å²) in [6.45, 7) is 0. The van der Waals surface area contributed by atoms with Gasteiger partial charge in [-0.15, -0.1) is 0 Å². The molecule has 0 N–H and O–H groups in total. The van der Waals surface area contributed by atoms with Crippen molar-refractivity contribution < 1.29 is 25.8 Å². The van der Waals surface area contributed by atoms with Crippen LogP contribution in [0, 0.1) is 11.3 Å². The van der Waals surface area contributed by atoms with Gasteiger partial charge in [-0.3, -0.25) is 4.79 Å². The van der Waals surface area contributed by atoms with Crippen molar-refractivity contribution in [3.63, 3.8) is 0 Å². The van der Waals surface area contributed by atoms with Gasteiger partial charge in [0.2, 0.25) is 0 Å². The van der Waals surface area contributed by atoms with Crippen LogP contribution in [0.3, 0.4) is 0 Å². The summed E-state index contributed by atoms with van der Waals surface area (Å²) in [5, 5.41) is 8.93. The quantitative estimate of drug-likeness (QED) is 0.410. The fourth-order valence-corrected chi connectivity index (χ4v) is 2.52. The lowest BCUT2D eigenvalue weighted by Crippen LogP contribution is -2.30. The summed E-state index contributed by atoms with van der Waals surface area (Å²) in [6, 6.07) is 3.74. The van der Waals surface area contributed by atoms with Gasteiger partial charge >= 0.3 is 15.6 Å². The number of nitriles is 1. The summed E-state index contributed by atoms with van der Waals surface area (Å²) in [7, 11) is -6.11. The van der Waals surface area contributed by atoms with Gasteiger partial charge in [-0.1, -0.05) is 0 Å². The number of alkyl halides is 3. The van der Waals surface area contributed by atoms with Gasteiger partial charge in [0.1, 0.15) is 16.2 Å². The topological polar surface area (TPSA) is 102 Å². The summed E-state index contributed by atoms with van der Waals surface area (Å²) in [4.78, 5) is 15.6. The molecule has 0 bridgehead atoms. The Balaban J connectivity index is 2.92. The van der Waals surface area contributed by atoms with Crippen molar-refractivity contribution in [1.29, 1.82) is 5.26 Å². The van der Waals surface area contributed by atoms with Crippen LogP contribution in [-0.2, 0) is 10.1 Å². The normalized spacial score (nSPS) is 12.2. The van der Waals surface area contributed by atoms with E-state index in [9.17, 15) is 26.4 Å². The Kier molecular flexibility index (Phi) is 4.31. The minimum atomic E-state index is -6.11. The lowest BCUT2D eigenvalue weighted by atomic mass is 10.2. The van der Waals surface area contributed by atoms with Crippen LogP contribution in [-0.4, -0.2) is 23.0 Å². The molecule has 7 nitrogen and oxygen atoms in total. The average molecular weight is 433 g/mol. The van der Waals surface area contributed by atoms with Crippen LogP contribution >= 0.6 is 27.7 Å². The smallest absolute Gasteiger partial charge is 0.372 e. The van der Waals surface area contributed by atoms with E-state index >= 15 is 0 Å². The first-order valence-corrected chi connectivity index (χ1v) is 7.86. The number of rotatable bonds is 2. The van der Waals surface area contributed by atoms with Crippen LogP contribution in [0.5, 0.6) is 5.75 Å². The number of nitrogens with zero attached hydrogens (tertiary/aromatic N) is 3. The van der Waals surface area contributed by atoms with Gasteiger partial charge in [0.25, 0.3) is 5.56 Å². The Morgan fingerprint density at radius 3 is 2.52 bits per heavy atom. The van der Waals surface area contributed by atoms with Gasteiger partial charge in [-0.2, -0.15) is 26.9 Å². The zero-order valence-corrected chi connectivity index (χ0v) is 13.6. The molecule has 13 heteroatoms. The van der Waals surface area contributed by atoms with E-state index in [1.807, 2.05) is 0 Å². The summed E-state index contributed by atoms with van der Waals surface area (Å²) < 4.78 is 64.3. The largest absolute Gasteiger partial charge is 0.534 e. The zero-order valence-electron chi connectivity index (χ0n) is 10.4. The van der Waals surface area contributed by atoms with Crippen molar-refractivity contribution >= 4 is 48.9 Å². The Hall–Kier alpha value is -1.84. The SMILES string of the molecule is N#Cc1c(OS(=O)(=O)C(F)(F)F)c2nc(Br)ccc2n(Cl)c1=O. The van der Waals surface area contributed by atoms with Crippen LogP contribution in [0.2, 0.25) is 0 Å². The number of hydrogen-bond acceptors (Lipinski definition) is 6. The minimum absolute atomic E-state index is 0.0819. The molecule has 2 rings (SSSR count). The van der Waals surface area contributed by atoms with Crippen molar-refractivity contribution in [2.24, 2.45) is 0 Å². The van der Waals surface area contributed by atoms with E-state index in [2.05, 4.69) is 25.1 Å². The lowest BCUT2D eigenvalue weighted by Gasteiger charge is -2.13. The third-order valence-electron chi connectivity index (χ3n) is 2.47. The molecule has 2 aromatic heterocycles. The predicted octanol–water partition coefficient (Wildman–Crippen LogP) is 2.26. The van der Waals surface area contributed by atoms with E-state index in [4.69, 9.17) is 17.0 Å². The number of halogens is 5. The van der Waals surface area contributed by atoms with Crippen molar-refractivity contribution in [3.8, 4) is 11.8 Å². The molecule has 122 valence electrons. The van der Waals surface area contributed by atoms with E-state index in [-0.39, 0.29) is 10.1 Å². The maximum Gasteiger partial charge on any atom is 0.534 e. The fraction of sp³-hybridized carbons (Fsp3) is 0.100. The lowest BCUT2D eigenvalue weighted by molar-refractivity contribution is -0.0499. The molecule has 2 aromatic rings. The Morgan fingerprint density at radius 2 is 2.00 bits per heavy atom. The number of pyridine rings is 2. The maximum atomic E-state index is 12.5. The molecule has 2 heterocycles. The van der Waals surface area contributed by atoms with Crippen LogP contribution in [0.25, 0.3) is 11.0 Å². The third kappa shape index (κ3) is 2.99. The first-order chi connectivity index (χ1) is 10.5. The summed E-state index contributed by atoms with van der Waals surface area (Å²) in [6.07, 6.45) is 0. The minimum Gasteiger partial charge on any atom is -0.372 e. The second-order valence-electron chi connectivity index (χ2n) is 3.89. The highest BCUT2D eigenvalue weighted by molar-refractivity contribution is 9.10. The predicted molar refractivity (Wildman–Crippen MR) is 75.3 cm³/mol. The molecule has 0 aliphatic heterocycles. The van der Waals surface area contributed by atoms with E-state index in [0.717, 1.165) is 0 Å². The second-order valence-corrected chi connectivity index (χ2v) is 6.58. The molecule has 0 unspecified atom stereocenters. The molecule has 0 amide bonds. The molecule has 0 saturated carbocycles. The molecule has 0 fully saturated rings. The Labute approximate surface area is 139 Å². The maximum absolute atomic E-state index is 12.5. The van der Waals surface area contributed by atoms with E-state index < -0.39 is 38.0 Å². The highest BCUT2D eigenvalue weighted by Crippen LogP contribution is 2.33. The molecule has 0 saturated heterocycles. The highest BCUT2D eigenvalue weighted by Gasteiger charge is 2.49. The molecule has 0 aromatic carbocycles. The summed E-state index contributed by atoms with van der Waals surface area (Å²) in [5.74, 6) is -1.15. The standard InChI is InChI=1S/C10H2BrClF3N3O4S/c11-6-2-1-5-7(17-6)8(4(3-16)9(19)18(5)12)22-23(20,21)10(13,14)15/h1-2H. The first-order valence-electron chi connectivity index (χ1n) is 5.32. The monoisotopic (exact) mass is 431 g/mol. The van der Waals surface area contributed by atoms with Gasteiger partial charge in [0.15, 0.2) is 11.3 Å². The molecule has 0 spiro atoms. The summed E-state index contributed by atoms with van der Waals surface area (Å²) >= 11 is 8.59.